The molecule has 3 nitrogen and oxygen atoms in total. The Bertz CT molecular complexity index is 270. The smallest absolute Gasteiger partial charge is 0.303 e. The van der Waals surface area contributed by atoms with Crippen LogP contribution in [0, 0.1) is 16.7 Å². The second-order valence-electron chi connectivity index (χ2n) is 6.77. The first-order valence-corrected chi connectivity index (χ1v) is 6.71. The molecular weight excluding hydrogens is 214 g/mol. The Hall–Kier alpha value is -0.570. The van der Waals surface area contributed by atoms with Crippen molar-refractivity contribution in [2.24, 2.45) is 22.5 Å². The van der Waals surface area contributed by atoms with Crippen LogP contribution in [0.25, 0.3) is 0 Å². The zero-order valence-electron chi connectivity index (χ0n) is 11.5. The van der Waals surface area contributed by atoms with Crippen molar-refractivity contribution in [3.63, 3.8) is 0 Å². The van der Waals surface area contributed by atoms with Crippen LogP contribution in [0.1, 0.15) is 59.3 Å². The molecule has 0 aromatic rings. The van der Waals surface area contributed by atoms with E-state index in [-0.39, 0.29) is 11.8 Å². The first-order valence-electron chi connectivity index (χ1n) is 6.71. The maximum absolute atomic E-state index is 11.0. The lowest BCUT2D eigenvalue weighted by molar-refractivity contribution is -0.139. The van der Waals surface area contributed by atoms with E-state index in [0.29, 0.717) is 17.9 Å². The molecule has 2 unspecified atom stereocenters. The third kappa shape index (κ3) is 3.98. The largest absolute Gasteiger partial charge is 0.481 e. The number of nitrogens with two attached hydrogens (primary N) is 1. The first kappa shape index (κ1) is 14.5. The standard InChI is InChI=1S/C14H27NO2/c1-13(2,3)11-5-4-7-14(10-15,8-6-11)9-12(16)17/h11H,4-10,15H2,1-3H3,(H,16,17). The van der Waals surface area contributed by atoms with Gasteiger partial charge in [-0.15, -0.1) is 0 Å². The lowest BCUT2D eigenvalue weighted by atomic mass is 9.74. The topological polar surface area (TPSA) is 63.3 Å². The predicted octanol–water partition coefficient (Wildman–Crippen LogP) is 3.03. The first-order chi connectivity index (χ1) is 7.79. The number of rotatable bonds is 3. The van der Waals surface area contributed by atoms with E-state index in [0.717, 1.165) is 25.7 Å². The van der Waals surface area contributed by atoms with E-state index in [9.17, 15) is 4.79 Å². The summed E-state index contributed by atoms with van der Waals surface area (Å²) >= 11 is 0. The number of carboxylic acids is 1. The number of hydrogen-bond donors (Lipinski definition) is 2. The Balaban J connectivity index is 2.70. The van der Waals surface area contributed by atoms with Crippen LogP contribution in [0.4, 0.5) is 0 Å². The van der Waals surface area contributed by atoms with Gasteiger partial charge in [0.15, 0.2) is 0 Å². The maximum atomic E-state index is 11.0. The van der Waals surface area contributed by atoms with E-state index >= 15 is 0 Å². The fourth-order valence-electron chi connectivity index (χ4n) is 3.11. The van der Waals surface area contributed by atoms with Crippen molar-refractivity contribution in [2.45, 2.75) is 59.3 Å². The average molecular weight is 241 g/mol. The lowest BCUT2D eigenvalue weighted by Crippen LogP contribution is -2.33. The molecule has 1 aliphatic rings. The van der Waals surface area contributed by atoms with Crippen LogP contribution in [-0.4, -0.2) is 17.6 Å². The van der Waals surface area contributed by atoms with Crippen molar-refractivity contribution >= 4 is 5.97 Å². The number of hydrogen-bond acceptors (Lipinski definition) is 2. The van der Waals surface area contributed by atoms with Crippen LogP contribution in [0.2, 0.25) is 0 Å². The van der Waals surface area contributed by atoms with Crippen LogP contribution in [0.3, 0.4) is 0 Å². The predicted molar refractivity (Wildman–Crippen MR) is 69.8 cm³/mol. The van der Waals surface area contributed by atoms with Crippen LogP contribution >= 0.6 is 0 Å². The Kier molecular flexibility index (Phi) is 4.59. The molecule has 1 aliphatic carbocycles. The number of aliphatic carboxylic acids is 1. The molecule has 1 fully saturated rings. The summed E-state index contributed by atoms with van der Waals surface area (Å²) in [5.74, 6) is -0.00521. The van der Waals surface area contributed by atoms with Crippen LogP contribution < -0.4 is 5.73 Å². The highest BCUT2D eigenvalue weighted by Gasteiger charge is 2.36. The highest BCUT2D eigenvalue weighted by molar-refractivity contribution is 5.67. The Morgan fingerprint density at radius 2 is 2.00 bits per heavy atom. The van der Waals surface area contributed by atoms with E-state index in [4.69, 9.17) is 10.8 Å². The fourth-order valence-corrected chi connectivity index (χ4v) is 3.11. The zero-order chi connectivity index (χ0) is 13.1. The summed E-state index contributed by atoms with van der Waals surface area (Å²) in [5.41, 5.74) is 6.03. The molecule has 3 heteroatoms. The minimum Gasteiger partial charge on any atom is -0.481 e. The summed E-state index contributed by atoms with van der Waals surface area (Å²) in [6.45, 7) is 7.36. The summed E-state index contributed by atoms with van der Waals surface area (Å²) in [7, 11) is 0. The summed E-state index contributed by atoms with van der Waals surface area (Å²) in [5, 5.41) is 9.02. The van der Waals surface area contributed by atoms with Gasteiger partial charge in [0, 0.05) is 0 Å². The molecule has 0 spiro atoms. The minimum atomic E-state index is -0.704. The van der Waals surface area contributed by atoms with Crippen LogP contribution in [0.15, 0.2) is 0 Å². The third-order valence-electron chi connectivity index (χ3n) is 4.47. The highest BCUT2D eigenvalue weighted by atomic mass is 16.4. The molecule has 0 radical (unpaired) electrons. The van der Waals surface area contributed by atoms with E-state index in [2.05, 4.69) is 20.8 Å². The Morgan fingerprint density at radius 3 is 2.47 bits per heavy atom. The maximum Gasteiger partial charge on any atom is 0.303 e. The molecule has 0 heterocycles. The fraction of sp³-hybridized carbons (Fsp3) is 0.929. The normalized spacial score (nSPS) is 30.9. The monoisotopic (exact) mass is 241 g/mol. The molecule has 0 aliphatic heterocycles. The van der Waals surface area contributed by atoms with Gasteiger partial charge in [-0.2, -0.15) is 0 Å². The van der Waals surface area contributed by atoms with Gasteiger partial charge in [-0.25, -0.2) is 0 Å². The van der Waals surface area contributed by atoms with Gasteiger partial charge in [0.2, 0.25) is 0 Å². The van der Waals surface area contributed by atoms with Gasteiger partial charge in [-0.05, 0) is 49.0 Å². The summed E-state index contributed by atoms with van der Waals surface area (Å²) in [6, 6.07) is 0. The van der Waals surface area contributed by atoms with Gasteiger partial charge in [0.05, 0.1) is 6.42 Å². The van der Waals surface area contributed by atoms with E-state index in [1.54, 1.807) is 0 Å². The van der Waals surface area contributed by atoms with Gasteiger partial charge < -0.3 is 10.8 Å². The SMILES string of the molecule is CC(C)(C)C1CCCC(CN)(CC(=O)O)CC1. The molecule has 1 rings (SSSR count). The molecule has 2 atom stereocenters. The van der Waals surface area contributed by atoms with Gasteiger partial charge in [-0.3, -0.25) is 4.79 Å². The molecule has 0 aromatic carbocycles. The molecule has 0 amide bonds. The highest BCUT2D eigenvalue weighted by Crippen LogP contribution is 2.44. The van der Waals surface area contributed by atoms with Crippen molar-refractivity contribution < 1.29 is 9.90 Å². The van der Waals surface area contributed by atoms with Gasteiger partial charge in [-0.1, -0.05) is 27.2 Å². The average Bonchev–Trinajstić information content (AvgIpc) is 2.39. The van der Waals surface area contributed by atoms with Crippen molar-refractivity contribution in [2.75, 3.05) is 6.54 Å². The van der Waals surface area contributed by atoms with Gasteiger partial charge in [0.25, 0.3) is 0 Å². The molecule has 1 saturated carbocycles. The Labute approximate surface area is 105 Å². The van der Waals surface area contributed by atoms with E-state index < -0.39 is 5.97 Å². The van der Waals surface area contributed by atoms with Crippen LogP contribution in [0.5, 0.6) is 0 Å². The molecule has 17 heavy (non-hydrogen) atoms. The van der Waals surface area contributed by atoms with E-state index in [1.807, 2.05) is 0 Å². The summed E-state index contributed by atoms with van der Waals surface area (Å²) < 4.78 is 0. The van der Waals surface area contributed by atoms with Crippen molar-refractivity contribution in [1.29, 1.82) is 0 Å². The number of carbonyl (C=O) groups is 1. The minimum absolute atomic E-state index is 0.147. The van der Waals surface area contributed by atoms with Crippen molar-refractivity contribution in [3.05, 3.63) is 0 Å². The van der Waals surface area contributed by atoms with E-state index in [1.165, 1.54) is 6.42 Å². The third-order valence-corrected chi connectivity index (χ3v) is 4.47. The second kappa shape index (κ2) is 5.38. The Morgan fingerprint density at radius 1 is 1.35 bits per heavy atom. The second-order valence-corrected chi connectivity index (χ2v) is 6.77. The molecule has 0 aromatic heterocycles. The molecule has 0 saturated heterocycles. The summed E-state index contributed by atoms with van der Waals surface area (Å²) in [6.07, 6.45) is 5.63. The lowest BCUT2D eigenvalue weighted by Gasteiger charge is -2.32. The molecule has 3 N–H and O–H groups in total. The molecule has 100 valence electrons. The van der Waals surface area contributed by atoms with Gasteiger partial charge >= 0.3 is 5.97 Å². The zero-order valence-corrected chi connectivity index (χ0v) is 11.5. The quantitative estimate of drug-likeness (QED) is 0.746. The number of carboxylic acid groups (broad SMARTS) is 1. The summed E-state index contributed by atoms with van der Waals surface area (Å²) in [4.78, 5) is 11.0. The van der Waals surface area contributed by atoms with Crippen LogP contribution in [-0.2, 0) is 4.79 Å². The van der Waals surface area contributed by atoms with Crippen molar-refractivity contribution in [1.82, 2.24) is 0 Å². The van der Waals surface area contributed by atoms with Gasteiger partial charge in [0.1, 0.15) is 0 Å². The molecular formula is C14H27NO2. The molecule has 0 bridgehead atoms. The van der Waals surface area contributed by atoms with Crippen molar-refractivity contribution in [3.8, 4) is 0 Å².